The van der Waals surface area contributed by atoms with Gasteiger partial charge in [-0.05, 0) is 25.1 Å². The lowest BCUT2D eigenvalue weighted by atomic mass is 10.1. The molecule has 2 heterocycles. The summed E-state index contributed by atoms with van der Waals surface area (Å²) >= 11 is 0. The molecule has 0 fully saturated rings. The van der Waals surface area contributed by atoms with E-state index in [0.29, 0.717) is 17.5 Å². The third kappa shape index (κ3) is 3.14. The van der Waals surface area contributed by atoms with Crippen molar-refractivity contribution in [3.8, 4) is 11.4 Å². The van der Waals surface area contributed by atoms with Crippen molar-refractivity contribution in [2.24, 2.45) is 0 Å². The Morgan fingerprint density at radius 3 is 2.57 bits per heavy atom. The first-order valence-electron chi connectivity index (χ1n) is 6.59. The SMILES string of the molecule is Cc1cccc(-c2nc(N)cc(Nc3ccncc3)n2)c1. The van der Waals surface area contributed by atoms with Gasteiger partial charge >= 0.3 is 0 Å². The molecule has 5 heteroatoms. The standard InChI is InChI=1S/C16H15N5/c1-11-3-2-4-12(9-11)16-20-14(17)10-15(21-16)19-13-5-7-18-8-6-13/h2-10H,1H3,(H3,17,18,19,20,21). The molecule has 21 heavy (non-hydrogen) atoms. The highest BCUT2D eigenvalue weighted by Crippen LogP contribution is 2.21. The summed E-state index contributed by atoms with van der Waals surface area (Å²) in [6.07, 6.45) is 3.43. The predicted octanol–water partition coefficient (Wildman–Crippen LogP) is 3.17. The number of hydrogen-bond donors (Lipinski definition) is 2. The van der Waals surface area contributed by atoms with E-state index in [1.54, 1.807) is 18.5 Å². The summed E-state index contributed by atoms with van der Waals surface area (Å²) in [7, 11) is 0. The van der Waals surface area contributed by atoms with Crippen molar-refractivity contribution in [2.45, 2.75) is 6.92 Å². The summed E-state index contributed by atoms with van der Waals surface area (Å²) in [5.74, 6) is 1.69. The van der Waals surface area contributed by atoms with Crippen molar-refractivity contribution in [2.75, 3.05) is 11.1 Å². The zero-order valence-electron chi connectivity index (χ0n) is 11.6. The van der Waals surface area contributed by atoms with Gasteiger partial charge in [0.1, 0.15) is 11.6 Å². The molecule has 0 saturated carbocycles. The van der Waals surface area contributed by atoms with Gasteiger partial charge in [-0.2, -0.15) is 0 Å². The molecule has 0 amide bonds. The molecule has 104 valence electrons. The first-order chi connectivity index (χ1) is 10.2. The first-order valence-corrected chi connectivity index (χ1v) is 6.59. The number of nitrogen functional groups attached to an aromatic ring is 1. The second-order valence-electron chi connectivity index (χ2n) is 4.73. The molecular weight excluding hydrogens is 262 g/mol. The maximum Gasteiger partial charge on any atom is 0.163 e. The number of hydrogen-bond acceptors (Lipinski definition) is 5. The van der Waals surface area contributed by atoms with E-state index in [4.69, 9.17) is 5.73 Å². The number of benzene rings is 1. The molecule has 0 saturated heterocycles. The van der Waals surface area contributed by atoms with Crippen molar-refractivity contribution >= 4 is 17.3 Å². The Kier molecular flexibility index (Phi) is 3.47. The molecule has 0 aliphatic rings. The Hall–Kier alpha value is -2.95. The smallest absolute Gasteiger partial charge is 0.163 e. The normalized spacial score (nSPS) is 10.3. The Balaban J connectivity index is 1.97. The monoisotopic (exact) mass is 277 g/mol. The minimum Gasteiger partial charge on any atom is -0.384 e. The molecule has 5 nitrogen and oxygen atoms in total. The minimum atomic E-state index is 0.429. The maximum atomic E-state index is 5.89. The number of anilines is 3. The number of aryl methyl sites for hydroxylation is 1. The Labute approximate surface area is 122 Å². The fourth-order valence-electron chi connectivity index (χ4n) is 2.03. The fourth-order valence-corrected chi connectivity index (χ4v) is 2.03. The average Bonchev–Trinajstić information content (AvgIpc) is 2.48. The van der Waals surface area contributed by atoms with Gasteiger partial charge in [-0.25, -0.2) is 9.97 Å². The number of aromatic nitrogens is 3. The second-order valence-corrected chi connectivity index (χ2v) is 4.73. The first kappa shape index (κ1) is 13.1. The quantitative estimate of drug-likeness (QED) is 0.769. The van der Waals surface area contributed by atoms with E-state index in [9.17, 15) is 0 Å². The van der Waals surface area contributed by atoms with Crippen LogP contribution in [0.3, 0.4) is 0 Å². The summed E-state index contributed by atoms with van der Waals surface area (Å²) in [5, 5.41) is 3.20. The number of nitrogens with two attached hydrogens (primary N) is 1. The molecule has 0 spiro atoms. The van der Waals surface area contributed by atoms with Crippen LogP contribution in [0.15, 0.2) is 54.9 Å². The zero-order chi connectivity index (χ0) is 14.7. The van der Waals surface area contributed by atoms with Gasteiger partial charge in [0.2, 0.25) is 0 Å². The van der Waals surface area contributed by atoms with Crippen molar-refractivity contribution in [3.05, 3.63) is 60.4 Å². The van der Waals surface area contributed by atoms with Crippen molar-refractivity contribution in [1.82, 2.24) is 15.0 Å². The molecule has 0 radical (unpaired) electrons. The predicted molar refractivity (Wildman–Crippen MR) is 84.1 cm³/mol. The average molecular weight is 277 g/mol. The lowest BCUT2D eigenvalue weighted by Gasteiger charge is -2.08. The third-order valence-electron chi connectivity index (χ3n) is 2.97. The molecule has 1 aromatic carbocycles. The number of pyridine rings is 1. The van der Waals surface area contributed by atoms with Gasteiger partial charge in [-0.3, -0.25) is 4.98 Å². The number of nitrogens with one attached hydrogen (secondary N) is 1. The summed E-state index contributed by atoms with van der Waals surface area (Å²) < 4.78 is 0. The molecule has 0 atom stereocenters. The van der Waals surface area contributed by atoms with Gasteiger partial charge in [0, 0.05) is 29.7 Å². The van der Waals surface area contributed by atoms with E-state index in [-0.39, 0.29) is 0 Å². The van der Waals surface area contributed by atoms with Gasteiger partial charge in [-0.15, -0.1) is 0 Å². The Bertz CT molecular complexity index is 756. The van der Waals surface area contributed by atoms with Crippen molar-refractivity contribution in [1.29, 1.82) is 0 Å². The molecule has 3 N–H and O–H groups in total. The van der Waals surface area contributed by atoms with Crippen LogP contribution in [0.4, 0.5) is 17.3 Å². The summed E-state index contributed by atoms with van der Waals surface area (Å²) in [6.45, 7) is 2.03. The van der Waals surface area contributed by atoms with E-state index in [1.165, 1.54) is 0 Å². The van der Waals surface area contributed by atoms with Crippen LogP contribution in [0.2, 0.25) is 0 Å². The largest absolute Gasteiger partial charge is 0.384 e. The van der Waals surface area contributed by atoms with E-state index in [1.807, 2.05) is 43.3 Å². The highest BCUT2D eigenvalue weighted by Gasteiger charge is 2.06. The van der Waals surface area contributed by atoms with E-state index < -0.39 is 0 Å². The van der Waals surface area contributed by atoms with Crippen LogP contribution in [0.25, 0.3) is 11.4 Å². The molecular formula is C16H15N5. The van der Waals surface area contributed by atoms with Gasteiger partial charge in [0.05, 0.1) is 0 Å². The highest BCUT2D eigenvalue weighted by atomic mass is 15.1. The van der Waals surface area contributed by atoms with Crippen LogP contribution in [-0.2, 0) is 0 Å². The lowest BCUT2D eigenvalue weighted by molar-refractivity contribution is 1.18. The molecule has 3 aromatic rings. The van der Waals surface area contributed by atoms with Crippen molar-refractivity contribution < 1.29 is 0 Å². The van der Waals surface area contributed by atoms with Crippen LogP contribution in [0.1, 0.15) is 5.56 Å². The van der Waals surface area contributed by atoms with Crippen LogP contribution >= 0.6 is 0 Å². The van der Waals surface area contributed by atoms with E-state index in [0.717, 1.165) is 16.8 Å². The highest BCUT2D eigenvalue weighted by molar-refractivity contribution is 5.64. The lowest BCUT2D eigenvalue weighted by Crippen LogP contribution is -2.01. The summed E-state index contributed by atoms with van der Waals surface area (Å²) in [5.41, 5.74) is 8.89. The van der Waals surface area contributed by atoms with Crippen LogP contribution in [0, 0.1) is 6.92 Å². The van der Waals surface area contributed by atoms with Crippen LogP contribution in [0.5, 0.6) is 0 Å². The van der Waals surface area contributed by atoms with Gasteiger partial charge < -0.3 is 11.1 Å². The van der Waals surface area contributed by atoms with Crippen LogP contribution in [-0.4, -0.2) is 15.0 Å². The van der Waals surface area contributed by atoms with E-state index >= 15 is 0 Å². The molecule has 0 bridgehead atoms. The maximum absolute atomic E-state index is 5.89. The summed E-state index contributed by atoms with van der Waals surface area (Å²) in [4.78, 5) is 12.8. The number of nitrogens with zero attached hydrogens (tertiary/aromatic N) is 3. The van der Waals surface area contributed by atoms with Crippen molar-refractivity contribution in [3.63, 3.8) is 0 Å². The minimum absolute atomic E-state index is 0.429. The fraction of sp³-hybridized carbons (Fsp3) is 0.0625. The molecule has 0 unspecified atom stereocenters. The number of rotatable bonds is 3. The van der Waals surface area contributed by atoms with E-state index in [2.05, 4.69) is 20.3 Å². The zero-order valence-corrected chi connectivity index (χ0v) is 11.6. The third-order valence-corrected chi connectivity index (χ3v) is 2.97. The molecule has 0 aliphatic heterocycles. The Morgan fingerprint density at radius 1 is 1.00 bits per heavy atom. The Morgan fingerprint density at radius 2 is 1.81 bits per heavy atom. The molecule has 3 rings (SSSR count). The molecule has 0 aliphatic carbocycles. The summed E-state index contributed by atoms with van der Waals surface area (Å²) in [6, 6.07) is 13.5. The van der Waals surface area contributed by atoms with Gasteiger partial charge in [0.15, 0.2) is 5.82 Å². The topological polar surface area (TPSA) is 76.7 Å². The van der Waals surface area contributed by atoms with Gasteiger partial charge in [-0.1, -0.05) is 23.8 Å². The molecule has 2 aromatic heterocycles. The van der Waals surface area contributed by atoms with Crippen LogP contribution < -0.4 is 11.1 Å². The van der Waals surface area contributed by atoms with Gasteiger partial charge in [0.25, 0.3) is 0 Å². The second kappa shape index (κ2) is 5.58.